The van der Waals surface area contributed by atoms with Gasteiger partial charge in [0.2, 0.25) is 0 Å². The first-order chi connectivity index (χ1) is 16.1. The highest BCUT2D eigenvalue weighted by atomic mass is 15.1. The van der Waals surface area contributed by atoms with E-state index in [4.69, 9.17) is 4.98 Å². The summed E-state index contributed by atoms with van der Waals surface area (Å²) >= 11 is 0. The van der Waals surface area contributed by atoms with Gasteiger partial charge in [-0.2, -0.15) is 0 Å². The Morgan fingerprint density at radius 2 is 2.06 bits per heavy atom. The molecule has 4 heterocycles. The lowest BCUT2D eigenvalue weighted by molar-refractivity contribution is 0.253. The molecule has 0 aliphatic carbocycles. The first-order valence-electron chi connectivity index (χ1n) is 11.6. The smallest absolute Gasteiger partial charge is 0.180 e. The number of likely N-dealkylation sites (tertiary alicyclic amines) is 1. The minimum absolute atomic E-state index is 0.542. The van der Waals surface area contributed by atoms with Crippen LogP contribution in [0.1, 0.15) is 48.2 Å². The van der Waals surface area contributed by atoms with E-state index >= 15 is 0 Å². The molecule has 4 rings (SSSR count). The number of pyridine rings is 1. The van der Waals surface area contributed by atoms with Gasteiger partial charge in [-0.1, -0.05) is 18.7 Å². The maximum atomic E-state index is 4.70. The molecule has 0 unspecified atom stereocenters. The lowest BCUT2D eigenvalue weighted by Gasteiger charge is -2.28. The molecule has 33 heavy (non-hydrogen) atoms. The van der Waals surface area contributed by atoms with Gasteiger partial charge in [-0.25, -0.2) is 9.97 Å². The minimum Gasteiger partial charge on any atom is -0.363 e. The first-order valence-corrected chi connectivity index (χ1v) is 11.6. The third-order valence-corrected chi connectivity index (χ3v) is 6.22. The van der Waals surface area contributed by atoms with Gasteiger partial charge < -0.3 is 10.2 Å². The Bertz CT molecular complexity index is 1170. The summed E-state index contributed by atoms with van der Waals surface area (Å²) in [6.07, 6.45) is 15.7. The van der Waals surface area contributed by atoms with E-state index < -0.39 is 0 Å². The summed E-state index contributed by atoms with van der Waals surface area (Å²) in [6.45, 7) is 11.6. The maximum absolute atomic E-state index is 4.70. The molecular formula is C26H33N7. The summed E-state index contributed by atoms with van der Waals surface area (Å²) < 4.78 is 2.19. The number of hydrogen-bond acceptors (Lipinski definition) is 6. The van der Waals surface area contributed by atoms with E-state index in [1.807, 2.05) is 50.1 Å². The molecule has 1 aliphatic heterocycles. The lowest BCUT2D eigenvalue weighted by atomic mass is 9.94. The van der Waals surface area contributed by atoms with Crippen LogP contribution in [0.3, 0.4) is 0 Å². The second-order valence-corrected chi connectivity index (χ2v) is 8.57. The van der Waals surface area contributed by atoms with Gasteiger partial charge in [-0.15, -0.1) is 0 Å². The van der Waals surface area contributed by atoms with Crippen molar-refractivity contribution in [3.63, 3.8) is 0 Å². The van der Waals surface area contributed by atoms with Crippen LogP contribution in [-0.2, 0) is 6.54 Å². The standard InChI is InChI=1S/C26H33N7/c1-5-21(7-10-27-6-2)24-19(3)15-20(16-29-24)17-30-25-26-31-18-23(33(26)14-11-28-25)22-8-12-32(4)13-9-22/h5,7,10-11,14-16,18,22H,1,6,8-9,12-13,17H2,2-4H3,(H,28,30)/b21-7+,27-10?. The molecular weight excluding hydrogens is 410 g/mol. The van der Waals surface area contributed by atoms with Gasteiger partial charge in [-0.3, -0.25) is 14.4 Å². The zero-order chi connectivity index (χ0) is 23.2. The summed E-state index contributed by atoms with van der Waals surface area (Å²) in [5.74, 6) is 1.33. The van der Waals surface area contributed by atoms with Crippen LogP contribution in [0.5, 0.6) is 0 Å². The highest BCUT2D eigenvalue weighted by Gasteiger charge is 2.22. The third kappa shape index (κ3) is 5.20. The SMILES string of the molecule is C=C/C(=C\C=NCC)c1ncc(CNc2nccn3c(C4CCN(C)CC4)cnc23)cc1C. The minimum atomic E-state index is 0.542. The van der Waals surface area contributed by atoms with E-state index in [2.05, 4.69) is 56.2 Å². The fraction of sp³-hybridized carbons (Fsp3) is 0.385. The van der Waals surface area contributed by atoms with Crippen LogP contribution in [0.4, 0.5) is 5.82 Å². The van der Waals surface area contributed by atoms with E-state index in [9.17, 15) is 0 Å². The molecule has 3 aromatic rings. The van der Waals surface area contributed by atoms with E-state index in [-0.39, 0.29) is 0 Å². The number of hydrogen-bond donors (Lipinski definition) is 1. The molecule has 7 nitrogen and oxygen atoms in total. The van der Waals surface area contributed by atoms with Gasteiger partial charge >= 0.3 is 0 Å². The van der Waals surface area contributed by atoms with Gasteiger partial charge in [0, 0.05) is 61.3 Å². The number of nitrogens with one attached hydrogen (secondary N) is 1. The van der Waals surface area contributed by atoms with Crippen LogP contribution in [0.2, 0.25) is 0 Å². The Morgan fingerprint density at radius 1 is 1.24 bits per heavy atom. The Balaban J connectivity index is 1.50. The number of aromatic nitrogens is 4. The molecule has 0 atom stereocenters. The fourth-order valence-electron chi connectivity index (χ4n) is 4.37. The van der Waals surface area contributed by atoms with Crippen LogP contribution in [0.25, 0.3) is 11.2 Å². The molecule has 0 radical (unpaired) electrons. The van der Waals surface area contributed by atoms with Crippen molar-refractivity contribution in [3.05, 3.63) is 72.1 Å². The molecule has 1 aliphatic rings. The third-order valence-electron chi connectivity index (χ3n) is 6.22. The highest BCUT2D eigenvalue weighted by molar-refractivity contribution is 5.88. The second-order valence-electron chi connectivity index (χ2n) is 8.57. The number of imidazole rings is 1. The maximum Gasteiger partial charge on any atom is 0.180 e. The van der Waals surface area contributed by atoms with Crippen LogP contribution < -0.4 is 5.32 Å². The summed E-state index contributed by atoms with van der Waals surface area (Å²) in [4.78, 5) is 20.6. The molecule has 7 heteroatoms. The zero-order valence-electron chi connectivity index (χ0n) is 19.8. The number of allylic oxidation sites excluding steroid dienone is 3. The molecule has 0 aromatic carbocycles. The Labute approximate surface area is 196 Å². The van der Waals surface area contributed by atoms with Crippen LogP contribution in [0.15, 0.2) is 54.6 Å². The van der Waals surface area contributed by atoms with Gasteiger partial charge in [0.05, 0.1) is 5.69 Å². The largest absolute Gasteiger partial charge is 0.363 e. The van der Waals surface area contributed by atoms with Crippen molar-refractivity contribution >= 4 is 23.3 Å². The van der Waals surface area contributed by atoms with Crippen LogP contribution >= 0.6 is 0 Å². The van der Waals surface area contributed by atoms with Crippen LogP contribution in [-0.4, -0.2) is 57.1 Å². The number of aliphatic imine (C=N–C) groups is 1. The quantitative estimate of drug-likeness (QED) is 0.410. The molecule has 3 aromatic heterocycles. The lowest BCUT2D eigenvalue weighted by Crippen LogP contribution is -2.29. The number of piperidine rings is 1. The number of nitrogens with zero attached hydrogens (tertiary/aromatic N) is 6. The van der Waals surface area contributed by atoms with Crippen LogP contribution in [0, 0.1) is 6.92 Å². The number of rotatable bonds is 8. The molecule has 172 valence electrons. The van der Waals surface area contributed by atoms with Gasteiger partial charge in [0.15, 0.2) is 11.5 Å². The van der Waals surface area contributed by atoms with E-state index in [1.165, 1.54) is 5.69 Å². The molecule has 1 N–H and O–H groups in total. The monoisotopic (exact) mass is 443 g/mol. The zero-order valence-corrected chi connectivity index (χ0v) is 19.8. The Kier molecular flexibility index (Phi) is 7.29. The summed E-state index contributed by atoms with van der Waals surface area (Å²) in [7, 11) is 2.19. The van der Waals surface area contributed by atoms with Crippen molar-refractivity contribution in [2.75, 3.05) is 32.0 Å². The van der Waals surface area contributed by atoms with E-state index in [1.54, 1.807) is 0 Å². The fourth-order valence-corrected chi connectivity index (χ4v) is 4.37. The van der Waals surface area contributed by atoms with Gasteiger partial charge in [0.1, 0.15) is 0 Å². The summed E-state index contributed by atoms with van der Waals surface area (Å²) in [6, 6.07) is 2.15. The van der Waals surface area contributed by atoms with Crippen molar-refractivity contribution in [2.24, 2.45) is 4.99 Å². The highest BCUT2D eigenvalue weighted by Crippen LogP contribution is 2.29. The number of aryl methyl sites for hydroxylation is 1. The average molecular weight is 444 g/mol. The van der Waals surface area contributed by atoms with E-state index in [0.717, 1.165) is 66.3 Å². The van der Waals surface area contributed by atoms with Crippen molar-refractivity contribution in [1.29, 1.82) is 0 Å². The molecule has 0 amide bonds. The predicted octanol–water partition coefficient (Wildman–Crippen LogP) is 4.51. The summed E-state index contributed by atoms with van der Waals surface area (Å²) in [5.41, 5.74) is 6.23. The van der Waals surface area contributed by atoms with Crippen molar-refractivity contribution in [1.82, 2.24) is 24.3 Å². The number of fused-ring (bicyclic) bond motifs is 1. The van der Waals surface area contributed by atoms with Gasteiger partial charge in [0.25, 0.3) is 0 Å². The average Bonchev–Trinajstić information content (AvgIpc) is 3.26. The normalized spacial score (nSPS) is 16.0. The molecule has 1 fully saturated rings. The van der Waals surface area contributed by atoms with Crippen molar-refractivity contribution in [2.45, 2.75) is 39.2 Å². The topological polar surface area (TPSA) is 70.7 Å². The molecule has 0 bridgehead atoms. The second kappa shape index (κ2) is 10.5. The molecule has 0 spiro atoms. The Hall–Kier alpha value is -3.32. The predicted molar refractivity (Wildman–Crippen MR) is 136 cm³/mol. The molecule has 1 saturated heterocycles. The first kappa shape index (κ1) is 22.9. The van der Waals surface area contributed by atoms with Gasteiger partial charge in [-0.05, 0) is 64.0 Å². The van der Waals surface area contributed by atoms with Crippen molar-refractivity contribution in [3.8, 4) is 0 Å². The number of anilines is 1. The molecule has 0 saturated carbocycles. The summed E-state index contributed by atoms with van der Waals surface area (Å²) in [5, 5.41) is 3.46. The van der Waals surface area contributed by atoms with Crippen molar-refractivity contribution < 1.29 is 0 Å². The van der Waals surface area contributed by atoms with E-state index in [0.29, 0.717) is 12.5 Å². The Morgan fingerprint density at radius 3 is 2.79 bits per heavy atom.